The first-order valence-corrected chi connectivity index (χ1v) is 8.70. The van der Waals surface area contributed by atoms with Crippen LogP contribution >= 0.6 is 0 Å². The second kappa shape index (κ2) is 12.3. The third-order valence-electron chi connectivity index (χ3n) is 3.82. The highest BCUT2D eigenvalue weighted by Crippen LogP contribution is 2.13. The standard InChI is InChI=1S/C20H28O4/c1-2-3-4-5-6-7-11-14-18(20(22)23)15-19(21)24-16-17-12-9-8-10-13-17/h7-13,18H,2-6,14-16H2,1H3,(H,22,23). The average molecular weight is 332 g/mol. The molecule has 0 aromatic heterocycles. The number of carboxylic acid groups (broad SMARTS) is 1. The van der Waals surface area contributed by atoms with E-state index >= 15 is 0 Å². The van der Waals surface area contributed by atoms with Gasteiger partial charge in [-0.2, -0.15) is 0 Å². The summed E-state index contributed by atoms with van der Waals surface area (Å²) in [6.07, 6.45) is 9.89. The fourth-order valence-electron chi connectivity index (χ4n) is 2.34. The van der Waals surface area contributed by atoms with E-state index < -0.39 is 17.9 Å². The van der Waals surface area contributed by atoms with Crippen molar-refractivity contribution in [2.45, 2.75) is 58.5 Å². The van der Waals surface area contributed by atoms with E-state index in [1.54, 1.807) is 0 Å². The Labute approximate surface area is 144 Å². The largest absolute Gasteiger partial charge is 0.481 e. The van der Waals surface area contributed by atoms with E-state index in [1.165, 1.54) is 19.3 Å². The lowest BCUT2D eigenvalue weighted by atomic mass is 10.0. The zero-order valence-electron chi connectivity index (χ0n) is 14.4. The van der Waals surface area contributed by atoms with Crippen molar-refractivity contribution < 1.29 is 19.4 Å². The third-order valence-corrected chi connectivity index (χ3v) is 3.82. The molecule has 132 valence electrons. The molecule has 0 saturated heterocycles. The number of rotatable bonds is 12. The first-order chi connectivity index (χ1) is 11.6. The van der Waals surface area contributed by atoms with E-state index in [-0.39, 0.29) is 13.0 Å². The minimum absolute atomic E-state index is 0.0949. The lowest BCUT2D eigenvalue weighted by Crippen LogP contribution is -2.19. The van der Waals surface area contributed by atoms with Crippen LogP contribution in [-0.4, -0.2) is 17.0 Å². The minimum atomic E-state index is -0.956. The van der Waals surface area contributed by atoms with Crippen molar-refractivity contribution >= 4 is 11.9 Å². The predicted molar refractivity (Wildman–Crippen MR) is 94.5 cm³/mol. The molecule has 1 unspecified atom stereocenters. The molecule has 0 bridgehead atoms. The van der Waals surface area contributed by atoms with Crippen molar-refractivity contribution in [2.24, 2.45) is 5.92 Å². The number of carboxylic acids is 1. The summed E-state index contributed by atoms with van der Waals surface area (Å²) in [6.45, 7) is 2.35. The summed E-state index contributed by atoms with van der Waals surface area (Å²) >= 11 is 0. The smallest absolute Gasteiger partial charge is 0.307 e. The molecule has 0 amide bonds. The van der Waals surface area contributed by atoms with Crippen molar-refractivity contribution in [1.29, 1.82) is 0 Å². The van der Waals surface area contributed by atoms with Crippen LogP contribution in [0.15, 0.2) is 42.5 Å². The van der Waals surface area contributed by atoms with Crippen LogP contribution in [0.2, 0.25) is 0 Å². The van der Waals surface area contributed by atoms with Gasteiger partial charge in [0.05, 0.1) is 12.3 Å². The van der Waals surface area contributed by atoms with E-state index in [0.29, 0.717) is 6.42 Å². The molecule has 0 aliphatic carbocycles. The zero-order chi connectivity index (χ0) is 17.6. The normalized spacial score (nSPS) is 12.2. The van der Waals surface area contributed by atoms with Gasteiger partial charge < -0.3 is 9.84 Å². The Morgan fingerprint density at radius 2 is 1.88 bits per heavy atom. The van der Waals surface area contributed by atoms with Gasteiger partial charge in [-0.15, -0.1) is 0 Å². The molecule has 4 nitrogen and oxygen atoms in total. The molecule has 0 radical (unpaired) electrons. The monoisotopic (exact) mass is 332 g/mol. The van der Waals surface area contributed by atoms with Crippen LogP contribution in [0.3, 0.4) is 0 Å². The maximum absolute atomic E-state index is 11.8. The van der Waals surface area contributed by atoms with Gasteiger partial charge in [-0.05, 0) is 24.8 Å². The second-order valence-electron chi connectivity index (χ2n) is 5.94. The van der Waals surface area contributed by atoms with Gasteiger partial charge in [0, 0.05) is 0 Å². The summed E-state index contributed by atoms with van der Waals surface area (Å²) in [5.41, 5.74) is 0.893. The van der Waals surface area contributed by atoms with Gasteiger partial charge in [0.15, 0.2) is 0 Å². The molecule has 24 heavy (non-hydrogen) atoms. The van der Waals surface area contributed by atoms with E-state index in [4.69, 9.17) is 4.74 Å². The van der Waals surface area contributed by atoms with E-state index in [1.807, 2.05) is 42.5 Å². The summed E-state index contributed by atoms with van der Waals surface area (Å²) in [7, 11) is 0. The SMILES string of the molecule is CCCCCCC=CCC(CC(=O)OCc1ccccc1)C(=O)O. The number of aliphatic carboxylic acids is 1. The number of allylic oxidation sites excluding steroid dienone is 2. The van der Waals surface area contributed by atoms with Gasteiger partial charge in [-0.1, -0.05) is 68.7 Å². The molecule has 1 rings (SSSR count). The van der Waals surface area contributed by atoms with Crippen molar-refractivity contribution in [3.8, 4) is 0 Å². The fraction of sp³-hybridized carbons (Fsp3) is 0.500. The molecule has 1 N–H and O–H groups in total. The number of carbonyl (C=O) groups excluding carboxylic acids is 1. The maximum atomic E-state index is 11.8. The van der Waals surface area contributed by atoms with Crippen molar-refractivity contribution in [3.05, 3.63) is 48.0 Å². The lowest BCUT2D eigenvalue weighted by Gasteiger charge is -2.10. The topological polar surface area (TPSA) is 63.6 Å². The fourth-order valence-corrected chi connectivity index (χ4v) is 2.34. The van der Waals surface area contributed by atoms with Crippen LogP contribution in [-0.2, 0) is 20.9 Å². The molecule has 0 aliphatic rings. The number of hydrogen-bond donors (Lipinski definition) is 1. The quantitative estimate of drug-likeness (QED) is 0.341. The van der Waals surface area contributed by atoms with Crippen LogP contribution in [0, 0.1) is 5.92 Å². The zero-order valence-corrected chi connectivity index (χ0v) is 14.4. The molecule has 0 saturated carbocycles. The highest BCUT2D eigenvalue weighted by Gasteiger charge is 2.20. The summed E-state index contributed by atoms with van der Waals surface area (Å²) in [5.74, 6) is -2.15. The van der Waals surface area contributed by atoms with Gasteiger partial charge in [0.25, 0.3) is 0 Å². The van der Waals surface area contributed by atoms with Gasteiger partial charge in [-0.3, -0.25) is 9.59 Å². The average Bonchev–Trinajstić information content (AvgIpc) is 2.59. The number of carbonyl (C=O) groups is 2. The molecule has 0 heterocycles. The maximum Gasteiger partial charge on any atom is 0.307 e. The molecule has 4 heteroatoms. The Bertz CT molecular complexity index is 508. The summed E-state index contributed by atoms with van der Waals surface area (Å²) < 4.78 is 5.15. The number of benzene rings is 1. The molecule has 1 aromatic rings. The van der Waals surface area contributed by atoms with Crippen LogP contribution in [0.1, 0.15) is 57.4 Å². The van der Waals surface area contributed by atoms with Crippen molar-refractivity contribution in [3.63, 3.8) is 0 Å². The first kappa shape index (κ1) is 19.9. The van der Waals surface area contributed by atoms with Crippen LogP contribution in [0.5, 0.6) is 0 Å². The number of ether oxygens (including phenoxy) is 1. The molecule has 1 atom stereocenters. The van der Waals surface area contributed by atoms with Gasteiger partial charge >= 0.3 is 11.9 Å². The minimum Gasteiger partial charge on any atom is -0.481 e. The van der Waals surface area contributed by atoms with E-state index in [9.17, 15) is 14.7 Å². The van der Waals surface area contributed by atoms with E-state index in [2.05, 4.69) is 6.92 Å². The highest BCUT2D eigenvalue weighted by atomic mass is 16.5. The highest BCUT2D eigenvalue weighted by molar-refractivity contribution is 5.78. The predicted octanol–water partition coefficient (Wildman–Crippen LogP) is 4.74. The van der Waals surface area contributed by atoms with E-state index in [0.717, 1.165) is 18.4 Å². The Morgan fingerprint density at radius 3 is 2.54 bits per heavy atom. The second-order valence-corrected chi connectivity index (χ2v) is 5.94. The van der Waals surface area contributed by atoms with Gasteiger partial charge in [0.1, 0.15) is 6.61 Å². The van der Waals surface area contributed by atoms with Crippen LogP contribution < -0.4 is 0 Å². The Balaban J connectivity index is 2.30. The lowest BCUT2D eigenvalue weighted by molar-refractivity contribution is -0.152. The van der Waals surface area contributed by atoms with Crippen LogP contribution in [0.25, 0.3) is 0 Å². The molecule has 1 aromatic carbocycles. The van der Waals surface area contributed by atoms with Crippen molar-refractivity contribution in [1.82, 2.24) is 0 Å². The third kappa shape index (κ3) is 9.13. The summed E-state index contributed by atoms with van der Waals surface area (Å²) in [4.78, 5) is 23.1. The molecule has 0 fully saturated rings. The first-order valence-electron chi connectivity index (χ1n) is 8.70. The Hall–Kier alpha value is -2.10. The molecule has 0 aliphatic heterocycles. The number of esters is 1. The molecule has 0 spiro atoms. The van der Waals surface area contributed by atoms with Crippen LogP contribution in [0.4, 0.5) is 0 Å². The number of hydrogen-bond acceptors (Lipinski definition) is 3. The van der Waals surface area contributed by atoms with Crippen molar-refractivity contribution in [2.75, 3.05) is 0 Å². The summed E-state index contributed by atoms with van der Waals surface area (Å²) in [5, 5.41) is 9.24. The molecular formula is C20H28O4. The van der Waals surface area contributed by atoms with Gasteiger partial charge in [-0.25, -0.2) is 0 Å². The summed E-state index contributed by atoms with van der Waals surface area (Å²) in [6, 6.07) is 9.36. The van der Waals surface area contributed by atoms with Gasteiger partial charge in [0.2, 0.25) is 0 Å². The number of unbranched alkanes of at least 4 members (excludes halogenated alkanes) is 4. The Kier molecular flexibility index (Phi) is 10.3. The molecular weight excluding hydrogens is 304 g/mol. The Morgan fingerprint density at radius 1 is 1.12 bits per heavy atom.